The number of rotatable bonds is 7. The number of carbonyl (C=O) groups excluding carboxylic acids is 1. The lowest BCUT2D eigenvalue weighted by Gasteiger charge is -2.21. The van der Waals surface area contributed by atoms with E-state index in [2.05, 4.69) is 32.7 Å². The molecule has 0 saturated carbocycles. The van der Waals surface area contributed by atoms with Gasteiger partial charge in [0.2, 0.25) is 5.91 Å². The molecule has 2 heterocycles. The van der Waals surface area contributed by atoms with Crippen LogP contribution < -0.4 is 15.4 Å². The lowest BCUT2D eigenvalue weighted by molar-refractivity contribution is -0.119. The van der Waals surface area contributed by atoms with Gasteiger partial charge in [-0.05, 0) is 43.2 Å². The molecule has 1 amide bonds. The Hall–Kier alpha value is -2.23. The molecule has 1 aromatic carbocycles. The van der Waals surface area contributed by atoms with Crippen molar-refractivity contribution in [2.45, 2.75) is 25.8 Å². The average molecular weight is 512 g/mol. The summed E-state index contributed by atoms with van der Waals surface area (Å²) < 4.78 is 10.5. The van der Waals surface area contributed by atoms with Crippen LogP contribution in [0.3, 0.4) is 0 Å². The third kappa shape index (κ3) is 6.66. The van der Waals surface area contributed by atoms with Crippen molar-refractivity contribution in [3.05, 3.63) is 54.0 Å². The van der Waals surface area contributed by atoms with Gasteiger partial charge in [0.25, 0.3) is 0 Å². The second kappa shape index (κ2) is 11.7. The number of likely N-dealkylation sites (tertiary alicyclic amines) is 1. The molecule has 8 heteroatoms. The quantitative estimate of drug-likeness (QED) is 0.339. The Morgan fingerprint density at radius 2 is 2.07 bits per heavy atom. The van der Waals surface area contributed by atoms with E-state index < -0.39 is 0 Å². The first kappa shape index (κ1) is 23.1. The van der Waals surface area contributed by atoms with E-state index in [4.69, 9.17) is 9.15 Å². The van der Waals surface area contributed by atoms with E-state index in [1.165, 1.54) is 5.56 Å². The molecule has 29 heavy (non-hydrogen) atoms. The van der Waals surface area contributed by atoms with Gasteiger partial charge < -0.3 is 24.7 Å². The first-order valence-electron chi connectivity index (χ1n) is 9.66. The minimum Gasteiger partial charge on any atom is -0.497 e. The monoisotopic (exact) mass is 512 g/mol. The van der Waals surface area contributed by atoms with Gasteiger partial charge in [-0.15, -0.1) is 24.0 Å². The Bertz CT molecular complexity index is 778. The maximum absolute atomic E-state index is 12.1. The van der Waals surface area contributed by atoms with Gasteiger partial charge in [0.05, 0.1) is 19.9 Å². The van der Waals surface area contributed by atoms with Crippen LogP contribution in [0.5, 0.6) is 5.75 Å². The van der Waals surface area contributed by atoms with Gasteiger partial charge in [-0.3, -0.25) is 4.79 Å². The number of nitrogens with one attached hydrogen (secondary N) is 2. The molecule has 3 rings (SSSR count). The van der Waals surface area contributed by atoms with Crippen LogP contribution in [0.15, 0.2) is 52.1 Å². The number of ether oxygens (including phenoxy) is 1. The number of halogens is 1. The number of aliphatic imine (C=N–C) groups is 1. The summed E-state index contributed by atoms with van der Waals surface area (Å²) in [6.07, 6.45) is 2.65. The zero-order valence-electron chi connectivity index (χ0n) is 16.9. The van der Waals surface area contributed by atoms with Crippen LogP contribution in [0.4, 0.5) is 0 Å². The number of amides is 1. The molecule has 1 aliphatic heterocycles. The first-order valence-corrected chi connectivity index (χ1v) is 9.66. The van der Waals surface area contributed by atoms with E-state index in [0.717, 1.165) is 43.5 Å². The van der Waals surface area contributed by atoms with Crippen LogP contribution in [-0.4, -0.2) is 50.1 Å². The SMILES string of the molecule is CCNC(=NCC(=O)NCc1ccco1)N1CCC(c2ccc(OC)cc2)C1.I. The third-order valence-electron chi connectivity index (χ3n) is 4.82. The molecule has 0 radical (unpaired) electrons. The maximum Gasteiger partial charge on any atom is 0.242 e. The molecule has 1 unspecified atom stereocenters. The van der Waals surface area contributed by atoms with E-state index in [0.29, 0.717) is 12.5 Å². The number of methoxy groups -OCH3 is 1. The fraction of sp³-hybridized carbons (Fsp3) is 0.429. The van der Waals surface area contributed by atoms with Crippen LogP contribution >= 0.6 is 24.0 Å². The number of furan rings is 1. The molecule has 1 atom stereocenters. The number of carbonyl (C=O) groups is 1. The zero-order valence-corrected chi connectivity index (χ0v) is 19.2. The van der Waals surface area contributed by atoms with E-state index in [1.807, 2.05) is 25.1 Å². The molecule has 0 bridgehead atoms. The highest BCUT2D eigenvalue weighted by Crippen LogP contribution is 2.28. The molecule has 1 aromatic heterocycles. The van der Waals surface area contributed by atoms with Gasteiger partial charge in [-0.2, -0.15) is 0 Å². The highest BCUT2D eigenvalue weighted by Gasteiger charge is 2.26. The van der Waals surface area contributed by atoms with Gasteiger partial charge in [0, 0.05) is 25.6 Å². The average Bonchev–Trinajstić information content (AvgIpc) is 3.42. The Morgan fingerprint density at radius 1 is 1.28 bits per heavy atom. The summed E-state index contributed by atoms with van der Waals surface area (Å²) in [5.41, 5.74) is 1.30. The molecule has 7 nitrogen and oxygen atoms in total. The Labute approximate surface area is 188 Å². The Morgan fingerprint density at radius 3 is 2.72 bits per heavy atom. The molecular formula is C21H29IN4O3. The van der Waals surface area contributed by atoms with Crippen molar-refractivity contribution in [1.29, 1.82) is 0 Å². The number of nitrogens with zero attached hydrogens (tertiary/aromatic N) is 2. The van der Waals surface area contributed by atoms with Gasteiger partial charge >= 0.3 is 0 Å². The van der Waals surface area contributed by atoms with E-state index >= 15 is 0 Å². The molecular weight excluding hydrogens is 483 g/mol. The van der Waals surface area contributed by atoms with Crippen LogP contribution in [-0.2, 0) is 11.3 Å². The second-order valence-electron chi connectivity index (χ2n) is 6.73. The van der Waals surface area contributed by atoms with Crippen molar-refractivity contribution >= 4 is 35.8 Å². The summed E-state index contributed by atoms with van der Waals surface area (Å²) in [4.78, 5) is 18.8. The summed E-state index contributed by atoms with van der Waals surface area (Å²) in [7, 11) is 1.68. The molecule has 0 spiro atoms. The Kier molecular flexibility index (Phi) is 9.30. The van der Waals surface area contributed by atoms with Crippen molar-refractivity contribution in [3.8, 4) is 5.75 Å². The van der Waals surface area contributed by atoms with Crippen molar-refractivity contribution in [3.63, 3.8) is 0 Å². The molecule has 158 valence electrons. The predicted molar refractivity (Wildman–Crippen MR) is 124 cm³/mol. The molecule has 0 aliphatic carbocycles. The van der Waals surface area contributed by atoms with E-state index in [1.54, 1.807) is 19.4 Å². The smallest absolute Gasteiger partial charge is 0.242 e. The predicted octanol–water partition coefficient (Wildman–Crippen LogP) is 2.98. The van der Waals surface area contributed by atoms with Crippen molar-refractivity contribution in [1.82, 2.24) is 15.5 Å². The number of hydrogen-bond donors (Lipinski definition) is 2. The zero-order chi connectivity index (χ0) is 19.8. The largest absolute Gasteiger partial charge is 0.497 e. The first-order chi connectivity index (χ1) is 13.7. The third-order valence-corrected chi connectivity index (χ3v) is 4.82. The van der Waals surface area contributed by atoms with E-state index in [9.17, 15) is 4.79 Å². The normalized spacial score (nSPS) is 16.3. The summed E-state index contributed by atoms with van der Waals surface area (Å²) >= 11 is 0. The van der Waals surface area contributed by atoms with Crippen molar-refractivity contribution < 1.29 is 13.9 Å². The summed E-state index contributed by atoms with van der Waals surface area (Å²) in [6.45, 7) is 5.05. The summed E-state index contributed by atoms with van der Waals surface area (Å²) in [5.74, 6) is 2.70. The van der Waals surface area contributed by atoms with Gasteiger partial charge in [0.1, 0.15) is 18.1 Å². The van der Waals surface area contributed by atoms with Crippen molar-refractivity contribution in [2.75, 3.05) is 33.3 Å². The standard InChI is InChI=1S/C21H28N4O3.HI/c1-3-22-21(24-14-20(26)23-13-19-5-4-12-28-19)25-11-10-17(15-25)16-6-8-18(27-2)9-7-16;/h4-9,12,17H,3,10-11,13-15H2,1-2H3,(H,22,24)(H,23,26);1H. The fourth-order valence-electron chi connectivity index (χ4n) is 3.33. The lowest BCUT2D eigenvalue weighted by atomic mass is 9.98. The number of hydrogen-bond acceptors (Lipinski definition) is 4. The Balaban J connectivity index is 0.00000300. The van der Waals surface area contributed by atoms with Crippen LogP contribution in [0.2, 0.25) is 0 Å². The highest BCUT2D eigenvalue weighted by molar-refractivity contribution is 14.0. The van der Waals surface area contributed by atoms with Crippen LogP contribution in [0.25, 0.3) is 0 Å². The minimum atomic E-state index is -0.127. The van der Waals surface area contributed by atoms with Gasteiger partial charge in [-0.1, -0.05) is 12.1 Å². The molecule has 2 N–H and O–H groups in total. The molecule has 2 aromatic rings. The summed E-state index contributed by atoms with van der Waals surface area (Å²) in [5, 5.41) is 6.12. The number of benzene rings is 1. The summed E-state index contributed by atoms with van der Waals surface area (Å²) in [6, 6.07) is 11.9. The molecule has 1 fully saturated rings. The number of guanidine groups is 1. The molecule has 1 saturated heterocycles. The van der Waals surface area contributed by atoms with Crippen molar-refractivity contribution in [2.24, 2.45) is 4.99 Å². The lowest BCUT2D eigenvalue weighted by Crippen LogP contribution is -2.40. The second-order valence-corrected chi connectivity index (χ2v) is 6.73. The maximum atomic E-state index is 12.1. The fourth-order valence-corrected chi connectivity index (χ4v) is 3.33. The van der Waals surface area contributed by atoms with E-state index in [-0.39, 0.29) is 36.4 Å². The topological polar surface area (TPSA) is 79.1 Å². The highest BCUT2D eigenvalue weighted by atomic mass is 127. The van der Waals surface area contributed by atoms with Crippen LogP contribution in [0, 0.1) is 0 Å². The van der Waals surface area contributed by atoms with Gasteiger partial charge in [0.15, 0.2) is 5.96 Å². The van der Waals surface area contributed by atoms with Gasteiger partial charge in [-0.25, -0.2) is 4.99 Å². The van der Waals surface area contributed by atoms with Crippen LogP contribution in [0.1, 0.15) is 30.6 Å². The molecule has 1 aliphatic rings. The minimum absolute atomic E-state index is 0.